The molecule has 1 aliphatic carbocycles. The number of nitrogens with zero attached hydrogens (tertiary/aromatic N) is 1. The van der Waals surface area contributed by atoms with Gasteiger partial charge in [-0.2, -0.15) is 0 Å². The summed E-state index contributed by atoms with van der Waals surface area (Å²) in [6, 6.07) is 0.805. The van der Waals surface area contributed by atoms with Crippen molar-refractivity contribution in [2.45, 2.75) is 71.8 Å². The van der Waals surface area contributed by atoms with Crippen molar-refractivity contribution in [3.05, 3.63) is 0 Å². The summed E-state index contributed by atoms with van der Waals surface area (Å²) in [7, 11) is 2.25. The molecule has 0 radical (unpaired) electrons. The van der Waals surface area contributed by atoms with E-state index < -0.39 is 0 Å². The van der Waals surface area contributed by atoms with Crippen LogP contribution in [0.2, 0.25) is 0 Å². The molecule has 1 N–H and O–H groups in total. The average molecular weight is 280 g/mol. The molecular weight excluding hydrogens is 244 g/mol. The molecule has 1 heterocycles. The Labute approximate surface area is 126 Å². The van der Waals surface area contributed by atoms with E-state index in [4.69, 9.17) is 0 Å². The van der Waals surface area contributed by atoms with E-state index in [0.29, 0.717) is 5.41 Å². The van der Waals surface area contributed by atoms with E-state index in [0.717, 1.165) is 17.9 Å². The summed E-state index contributed by atoms with van der Waals surface area (Å²) in [5.41, 5.74) is 0.513. The normalized spacial score (nSPS) is 30.6. The lowest BCUT2D eigenvalue weighted by atomic mass is 9.71. The zero-order valence-electron chi connectivity index (χ0n) is 14.3. The first kappa shape index (κ1) is 16.3. The van der Waals surface area contributed by atoms with Crippen molar-refractivity contribution in [2.75, 3.05) is 26.7 Å². The Morgan fingerprint density at radius 2 is 1.55 bits per heavy atom. The van der Waals surface area contributed by atoms with Gasteiger partial charge in [-0.05, 0) is 88.9 Å². The van der Waals surface area contributed by atoms with Gasteiger partial charge in [0, 0.05) is 6.04 Å². The number of nitrogens with one attached hydrogen (secondary N) is 1. The fourth-order valence-electron chi connectivity index (χ4n) is 4.01. The molecule has 0 aromatic heterocycles. The van der Waals surface area contributed by atoms with Crippen LogP contribution < -0.4 is 5.32 Å². The summed E-state index contributed by atoms with van der Waals surface area (Å²) in [6.07, 6.45) is 9.87. The van der Waals surface area contributed by atoms with Crippen LogP contribution in [0.25, 0.3) is 0 Å². The second-order valence-electron chi connectivity index (χ2n) is 8.40. The summed E-state index contributed by atoms with van der Waals surface area (Å²) < 4.78 is 0. The van der Waals surface area contributed by atoms with Crippen LogP contribution in [0, 0.1) is 17.3 Å². The molecule has 0 atom stereocenters. The van der Waals surface area contributed by atoms with Gasteiger partial charge in [-0.25, -0.2) is 0 Å². The minimum Gasteiger partial charge on any atom is -0.314 e. The third kappa shape index (κ3) is 5.04. The van der Waals surface area contributed by atoms with Gasteiger partial charge in [-0.1, -0.05) is 20.8 Å². The SMILES string of the molecule is CN1CCC(CCNC2CCC(C(C)(C)C)CC2)CC1. The molecule has 0 unspecified atom stereocenters. The fraction of sp³-hybridized carbons (Fsp3) is 1.00. The maximum atomic E-state index is 3.84. The second kappa shape index (κ2) is 7.26. The van der Waals surface area contributed by atoms with Crippen LogP contribution >= 0.6 is 0 Å². The molecule has 0 amide bonds. The zero-order chi connectivity index (χ0) is 14.6. The summed E-state index contributed by atoms with van der Waals surface area (Å²) in [6.45, 7) is 11.1. The standard InChI is InChI=1S/C18H36N2/c1-18(2,3)16-5-7-17(8-6-16)19-12-9-15-10-13-20(4)14-11-15/h15-17,19H,5-14H2,1-4H3. The molecule has 2 aliphatic rings. The van der Waals surface area contributed by atoms with Crippen molar-refractivity contribution < 1.29 is 0 Å². The summed E-state index contributed by atoms with van der Waals surface area (Å²) in [4.78, 5) is 2.47. The first-order valence-corrected chi connectivity index (χ1v) is 8.87. The lowest BCUT2D eigenvalue weighted by molar-refractivity contribution is 0.158. The third-order valence-electron chi connectivity index (χ3n) is 5.78. The molecule has 2 heteroatoms. The maximum Gasteiger partial charge on any atom is 0.00672 e. The van der Waals surface area contributed by atoms with E-state index in [1.807, 2.05) is 0 Å². The van der Waals surface area contributed by atoms with Crippen LogP contribution in [0.5, 0.6) is 0 Å². The van der Waals surface area contributed by atoms with Crippen LogP contribution in [0.15, 0.2) is 0 Å². The van der Waals surface area contributed by atoms with E-state index in [2.05, 4.69) is 38.0 Å². The first-order chi connectivity index (χ1) is 9.45. The van der Waals surface area contributed by atoms with Crippen LogP contribution in [-0.4, -0.2) is 37.6 Å². The molecule has 1 saturated heterocycles. The van der Waals surface area contributed by atoms with Crippen molar-refractivity contribution in [1.82, 2.24) is 10.2 Å². The molecule has 2 fully saturated rings. The lowest BCUT2D eigenvalue weighted by Crippen LogP contribution is -2.38. The monoisotopic (exact) mass is 280 g/mol. The molecule has 0 aromatic rings. The summed E-state index contributed by atoms with van der Waals surface area (Å²) in [5, 5.41) is 3.84. The number of hydrogen-bond acceptors (Lipinski definition) is 2. The van der Waals surface area contributed by atoms with Crippen molar-refractivity contribution >= 4 is 0 Å². The Balaban J connectivity index is 1.57. The van der Waals surface area contributed by atoms with E-state index in [1.165, 1.54) is 64.6 Å². The van der Waals surface area contributed by atoms with Crippen LogP contribution in [-0.2, 0) is 0 Å². The topological polar surface area (TPSA) is 15.3 Å². The Morgan fingerprint density at radius 3 is 2.10 bits per heavy atom. The smallest absolute Gasteiger partial charge is 0.00672 e. The number of piperidine rings is 1. The molecule has 1 aliphatic heterocycles. The Hall–Kier alpha value is -0.0800. The molecule has 20 heavy (non-hydrogen) atoms. The quantitative estimate of drug-likeness (QED) is 0.840. The van der Waals surface area contributed by atoms with Crippen molar-refractivity contribution in [1.29, 1.82) is 0 Å². The van der Waals surface area contributed by atoms with Gasteiger partial charge in [-0.3, -0.25) is 0 Å². The van der Waals surface area contributed by atoms with Crippen molar-refractivity contribution in [3.8, 4) is 0 Å². The Morgan fingerprint density at radius 1 is 0.950 bits per heavy atom. The largest absolute Gasteiger partial charge is 0.314 e. The number of rotatable bonds is 4. The maximum absolute atomic E-state index is 3.84. The van der Waals surface area contributed by atoms with Gasteiger partial charge in [0.15, 0.2) is 0 Å². The first-order valence-electron chi connectivity index (χ1n) is 8.87. The van der Waals surface area contributed by atoms with Crippen molar-refractivity contribution in [3.63, 3.8) is 0 Å². The predicted molar refractivity (Wildman–Crippen MR) is 88.0 cm³/mol. The molecule has 0 spiro atoms. The molecule has 0 aromatic carbocycles. The van der Waals surface area contributed by atoms with Crippen LogP contribution in [0.1, 0.15) is 65.7 Å². The Bertz CT molecular complexity index is 266. The lowest BCUT2D eigenvalue weighted by Gasteiger charge is -2.37. The van der Waals surface area contributed by atoms with Gasteiger partial charge in [-0.15, -0.1) is 0 Å². The summed E-state index contributed by atoms with van der Waals surface area (Å²) >= 11 is 0. The van der Waals surface area contributed by atoms with E-state index in [1.54, 1.807) is 0 Å². The van der Waals surface area contributed by atoms with Gasteiger partial charge in [0.1, 0.15) is 0 Å². The molecule has 2 nitrogen and oxygen atoms in total. The highest BCUT2D eigenvalue weighted by Gasteiger charge is 2.29. The molecule has 118 valence electrons. The highest BCUT2D eigenvalue weighted by molar-refractivity contribution is 4.83. The highest BCUT2D eigenvalue weighted by atomic mass is 15.1. The van der Waals surface area contributed by atoms with Crippen molar-refractivity contribution in [2.24, 2.45) is 17.3 Å². The molecular formula is C18H36N2. The highest BCUT2D eigenvalue weighted by Crippen LogP contribution is 2.37. The van der Waals surface area contributed by atoms with Gasteiger partial charge < -0.3 is 10.2 Å². The third-order valence-corrected chi connectivity index (χ3v) is 5.78. The van der Waals surface area contributed by atoms with Crippen LogP contribution in [0.3, 0.4) is 0 Å². The molecule has 0 bridgehead atoms. The minimum atomic E-state index is 0.513. The van der Waals surface area contributed by atoms with E-state index >= 15 is 0 Å². The number of hydrogen-bond donors (Lipinski definition) is 1. The van der Waals surface area contributed by atoms with Crippen LogP contribution in [0.4, 0.5) is 0 Å². The van der Waals surface area contributed by atoms with Gasteiger partial charge in [0.05, 0.1) is 0 Å². The average Bonchev–Trinajstić information content (AvgIpc) is 2.41. The van der Waals surface area contributed by atoms with E-state index in [9.17, 15) is 0 Å². The molecule has 2 rings (SSSR count). The fourth-order valence-corrected chi connectivity index (χ4v) is 4.01. The van der Waals surface area contributed by atoms with Gasteiger partial charge in [0.25, 0.3) is 0 Å². The second-order valence-corrected chi connectivity index (χ2v) is 8.40. The van der Waals surface area contributed by atoms with E-state index in [-0.39, 0.29) is 0 Å². The zero-order valence-corrected chi connectivity index (χ0v) is 14.3. The Kier molecular flexibility index (Phi) is 5.92. The van der Waals surface area contributed by atoms with Gasteiger partial charge in [0.2, 0.25) is 0 Å². The van der Waals surface area contributed by atoms with Gasteiger partial charge >= 0.3 is 0 Å². The minimum absolute atomic E-state index is 0.513. The molecule has 1 saturated carbocycles. The number of likely N-dealkylation sites (tertiary alicyclic amines) is 1. The predicted octanol–water partition coefficient (Wildman–Crippen LogP) is 3.91. The summed E-state index contributed by atoms with van der Waals surface area (Å²) in [5.74, 6) is 1.92.